The van der Waals surface area contributed by atoms with Crippen LogP contribution in [0.3, 0.4) is 0 Å². The number of rotatable bonds is 7. The van der Waals surface area contributed by atoms with Crippen LogP contribution in [0, 0.1) is 6.92 Å². The molecule has 0 aliphatic carbocycles. The number of anilines is 2. The van der Waals surface area contributed by atoms with Crippen molar-refractivity contribution in [3.05, 3.63) is 54.1 Å². The Labute approximate surface area is 159 Å². The van der Waals surface area contributed by atoms with E-state index in [4.69, 9.17) is 4.74 Å². The molecule has 2 N–H and O–H groups in total. The third-order valence-electron chi connectivity index (χ3n) is 4.36. The Bertz CT molecular complexity index is 790. The van der Waals surface area contributed by atoms with Gasteiger partial charge in [-0.3, -0.25) is 9.59 Å². The number of hydrogen-bond donors (Lipinski definition) is 2. The summed E-state index contributed by atoms with van der Waals surface area (Å²) in [7, 11) is 0. The molecule has 1 fully saturated rings. The first-order valence-electron chi connectivity index (χ1n) is 9.21. The molecule has 0 saturated carbocycles. The smallest absolute Gasteiger partial charge is 0.239 e. The average molecular weight is 367 g/mol. The number of aryl methyl sites for hydroxylation is 1. The van der Waals surface area contributed by atoms with Crippen LogP contribution in [0.1, 0.15) is 18.4 Å². The molecule has 1 aliphatic rings. The van der Waals surface area contributed by atoms with Crippen LogP contribution in [-0.4, -0.2) is 38.1 Å². The van der Waals surface area contributed by atoms with Gasteiger partial charge in [-0.1, -0.05) is 12.1 Å². The number of benzene rings is 2. The first-order valence-corrected chi connectivity index (χ1v) is 9.21. The molecular formula is C21H25N3O3. The highest BCUT2D eigenvalue weighted by molar-refractivity contribution is 5.91. The van der Waals surface area contributed by atoms with Crippen molar-refractivity contribution >= 4 is 23.2 Å². The van der Waals surface area contributed by atoms with Gasteiger partial charge in [-0.15, -0.1) is 0 Å². The van der Waals surface area contributed by atoms with Gasteiger partial charge in [-0.25, -0.2) is 0 Å². The number of nitrogens with zero attached hydrogens (tertiary/aromatic N) is 1. The first-order chi connectivity index (χ1) is 13.1. The van der Waals surface area contributed by atoms with Gasteiger partial charge in [0, 0.05) is 30.9 Å². The molecule has 1 aliphatic heterocycles. The average Bonchev–Trinajstić information content (AvgIpc) is 2.66. The number of amides is 2. The molecule has 27 heavy (non-hydrogen) atoms. The number of nitrogens with one attached hydrogen (secondary N) is 2. The summed E-state index contributed by atoms with van der Waals surface area (Å²) < 4.78 is 5.66. The Hall–Kier alpha value is -3.02. The van der Waals surface area contributed by atoms with Gasteiger partial charge in [-0.05, 0) is 55.3 Å². The van der Waals surface area contributed by atoms with E-state index in [-0.39, 0.29) is 11.8 Å². The van der Waals surface area contributed by atoms with Crippen LogP contribution >= 0.6 is 0 Å². The second kappa shape index (κ2) is 9.07. The van der Waals surface area contributed by atoms with E-state index >= 15 is 0 Å². The lowest BCUT2D eigenvalue weighted by Crippen LogP contribution is -2.47. The molecule has 142 valence electrons. The largest absolute Gasteiger partial charge is 0.494 e. The Morgan fingerprint density at radius 2 is 2.04 bits per heavy atom. The lowest BCUT2D eigenvalue weighted by Gasteiger charge is -2.28. The molecule has 0 radical (unpaired) electrons. The van der Waals surface area contributed by atoms with E-state index in [1.54, 1.807) is 0 Å². The van der Waals surface area contributed by atoms with E-state index in [0.29, 0.717) is 32.5 Å². The Morgan fingerprint density at radius 1 is 1.22 bits per heavy atom. The van der Waals surface area contributed by atoms with Gasteiger partial charge in [-0.2, -0.15) is 0 Å². The van der Waals surface area contributed by atoms with Crippen molar-refractivity contribution in [1.82, 2.24) is 5.32 Å². The maximum Gasteiger partial charge on any atom is 0.239 e. The minimum Gasteiger partial charge on any atom is -0.494 e. The molecule has 0 bridgehead atoms. The summed E-state index contributed by atoms with van der Waals surface area (Å²) in [4.78, 5) is 25.6. The molecule has 1 saturated heterocycles. The molecule has 6 heteroatoms. The molecular weight excluding hydrogens is 342 g/mol. The van der Waals surface area contributed by atoms with E-state index < -0.39 is 0 Å². The van der Waals surface area contributed by atoms with Crippen LogP contribution in [0.4, 0.5) is 11.4 Å². The molecule has 1 heterocycles. The third-order valence-corrected chi connectivity index (χ3v) is 4.36. The lowest BCUT2D eigenvalue weighted by atomic mass is 10.2. The van der Waals surface area contributed by atoms with E-state index in [2.05, 4.69) is 10.6 Å². The fourth-order valence-electron chi connectivity index (χ4n) is 2.97. The summed E-state index contributed by atoms with van der Waals surface area (Å²) in [6.45, 7) is 4.34. The normalized spacial score (nSPS) is 13.8. The number of hydrogen-bond acceptors (Lipinski definition) is 4. The zero-order valence-corrected chi connectivity index (χ0v) is 15.5. The van der Waals surface area contributed by atoms with Crippen molar-refractivity contribution in [1.29, 1.82) is 0 Å². The Balaban J connectivity index is 1.40. The molecule has 3 rings (SSSR count). The predicted molar refractivity (Wildman–Crippen MR) is 106 cm³/mol. The summed E-state index contributed by atoms with van der Waals surface area (Å²) in [6, 6.07) is 15.5. The molecule has 2 aromatic rings. The van der Waals surface area contributed by atoms with Crippen LogP contribution < -0.4 is 20.3 Å². The Morgan fingerprint density at radius 3 is 2.78 bits per heavy atom. The highest BCUT2D eigenvalue weighted by Gasteiger charge is 2.16. The first kappa shape index (κ1) is 18.8. The van der Waals surface area contributed by atoms with Crippen molar-refractivity contribution in [3.63, 3.8) is 0 Å². The maximum absolute atomic E-state index is 12.1. The summed E-state index contributed by atoms with van der Waals surface area (Å²) >= 11 is 0. The van der Waals surface area contributed by atoms with E-state index in [9.17, 15) is 9.59 Å². The van der Waals surface area contributed by atoms with E-state index in [0.717, 1.165) is 29.2 Å². The van der Waals surface area contributed by atoms with Crippen LogP contribution in [-0.2, 0) is 9.59 Å². The van der Waals surface area contributed by atoms with E-state index in [1.165, 1.54) is 0 Å². The fraction of sp³-hybridized carbons (Fsp3) is 0.333. The third kappa shape index (κ3) is 5.74. The minimum atomic E-state index is -0.0343. The van der Waals surface area contributed by atoms with Gasteiger partial charge in [0.2, 0.25) is 11.8 Å². The van der Waals surface area contributed by atoms with E-state index in [1.807, 2.05) is 60.4 Å². The molecule has 2 aromatic carbocycles. The SMILES string of the molecule is Cc1cccc(OCCCC(=O)Nc2ccc(N3CCNC(=O)C3)cc2)c1. The molecule has 6 nitrogen and oxygen atoms in total. The molecule has 0 aromatic heterocycles. The van der Waals surface area contributed by atoms with Gasteiger partial charge >= 0.3 is 0 Å². The topological polar surface area (TPSA) is 70.7 Å². The van der Waals surface area contributed by atoms with Gasteiger partial charge < -0.3 is 20.3 Å². The van der Waals surface area contributed by atoms with Crippen molar-refractivity contribution in [2.24, 2.45) is 0 Å². The standard InChI is InChI=1S/C21H25N3O3/c1-16-4-2-5-19(14-16)27-13-3-6-20(25)23-17-7-9-18(10-8-17)24-12-11-22-21(26)15-24/h2,4-5,7-10,14H,3,6,11-13,15H2,1H3,(H,22,26)(H,23,25). The number of ether oxygens (including phenoxy) is 1. The zero-order chi connectivity index (χ0) is 19.1. The molecule has 0 unspecified atom stereocenters. The number of carbonyl (C=O) groups is 2. The number of carbonyl (C=O) groups excluding carboxylic acids is 2. The summed E-state index contributed by atoms with van der Waals surface area (Å²) in [6.07, 6.45) is 1.06. The van der Waals surface area contributed by atoms with Gasteiger partial charge in [0.25, 0.3) is 0 Å². The highest BCUT2D eigenvalue weighted by Crippen LogP contribution is 2.19. The van der Waals surface area contributed by atoms with Crippen molar-refractivity contribution in [2.75, 3.05) is 36.5 Å². The molecule has 0 atom stereocenters. The van der Waals surface area contributed by atoms with Gasteiger partial charge in [0.1, 0.15) is 5.75 Å². The number of piperazine rings is 1. The zero-order valence-electron chi connectivity index (χ0n) is 15.5. The van der Waals surface area contributed by atoms with Crippen LogP contribution in [0.5, 0.6) is 5.75 Å². The molecule has 2 amide bonds. The molecule has 0 spiro atoms. The van der Waals surface area contributed by atoms with Gasteiger partial charge in [0.05, 0.1) is 13.2 Å². The summed E-state index contributed by atoms with van der Waals surface area (Å²) in [5.41, 5.74) is 2.89. The monoisotopic (exact) mass is 367 g/mol. The quantitative estimate of drug-likeness (QED) is 0.738. The predicted octanol–water partition coefficient (Wildman–Crippen LogP) is 2.73. The summed E-state index contributed by atoms with van der Waals surface area (Å²) in [5, 5.41) is 5.71. The second-order valence-corrected chi connectivity index (χ2v) is 6.64. The lowest BCUT2D eigenvalue weighted by molar-refractivity contribution is -0.120. The second-order valence-electron chi connectivity index (χ2n) is 6.64. The maximum atomic E-state index is 12.1. The van der Waals surface area contributed by atoms with Crippen molar-refractivity contribution in [2.45, 2.75) is 19.8 Å². The van der Waals surface area contributed by atoms with Gasteiger partial charge in [0.15, 0.2) is 0 Å². The van der Waals surface area contributed by atoms with Crippen molar-refractivity contribution < 1.29 is 14.3 Å². The van der Waals surface area contributed by atoms with Crippen LogP contribution in [0.15, 0.2) is 48.5 Å². The van der Waals surface area contributed by atoms with Crippen LogP contribution in [0.2, 0.25) is 0 Å². The highest BCUT2D eigenvalue weighted by atomic mass is 16.5. The summed E-state index contributed by atoms with van der Waals surface area (Å²) in [5.74, 6) is 0.830. The fourth-order valence-corrected chi connectivity index (χ4v) is 2.97. The van der Waals surface area contributed by atoms with Crippen LogP contribution in [0.25, 0.3) is 0 Å². The Kier molecular flexibility index (Phi) is 6.30. The van der Waals surface area contributed by atoms with Crippen molar-refractivity contribution in [3.8, 4) is 5.75 Å². The minimum absolute atomic E-state index is 0.0338.